The van der Waals surface area contributed by atoms with Gasteiger partial charge in [-0.05, 0) is 37.5 Å². The predicted molar refractivity (Wildman–Crippen MR) is 110 cm³/mol. The van der Waals surface area contributed by atoms with Crippen molar-refractivity contribution in [3.8, 4) is 21.0 Å². The third-order valence-electron chi connectivity index (χ3n) is 4.90. The molecular formula is C21H21FN2O2S2. The summed E-state index contributed by atoms with van der Waals surface area (Å²) in [7, 11) is -3.71. The summed E-state index contributed by atoms with van der Waals surface area (Å²) in [5, 5.41) is 0.719. The highest BCUT2D eigenvalue weighted by Gasteiger charge is 2.32. The first-order valence-corrected chi connectivity index (χ1v) is 11.5. The number of piperidine rings is 1. The van der Waals surface area contributed by atoms with Gasteiger partial charge in [-0.3, -0.25) is 0 Å². The monoisotopic (exact) mass is 416 g/mol. The number of thiazole rings is 1. The third-order valence-corrected chi connectivity index (χ3v) is 8.01. The van der Waals surface area contributed by atoms with Crippen LogP contribution in [0.25, 0.3) is 21.0 Å². The second-order valence-corrected chi connectivity index (χ2v) is 9.84. The van der Waals surface area contributed by atoms with Crippen LogP contribution in [0.3, 0.4) is 0 Å². The van der Waals surface area contributed by atoms with Gasteiger partial charge >= 0.3 is 0 Å². The maximum atomic E-state index is 13.4. The van der Waals surface area contributed by atoms with Gasteiger partial charge in [0, 0.05) is 18.7 Å². The lowest BCUT2D eigenvalue weighted by Gasteiger charge is -2.25. The summed E-state index contributed by atoms with van der Waals surface area (Å²) < 4.78 is 41.6. The average Bonchev–Trinajstić information content (AvgIpc) is 3.16. The van der Waals surface area contributed by atoms with E-state index in [2.05, 4.69) is 4.98 Å². The smallest absolute Gasteiger partial charge is 0.222 e. The quantitative estimate of drug-likeness (QED) is 0.595. The van der Waals surface area contributed by atoms with E-state index in [0.717, 1.165) is 30.4 Å². The van der Waals surface area contributed by atoms with Crippen LogP contribution in [0, 0.1) is 12.7 Å². The summed E-state index contributed by atoms with van der Waals surface area (Å²) in [5.41, 5.74) is 2.66. The molecule has 2 heterocycles. The molecule has 0 amide bonds. The van der Waals surface area contributed by atoms with Crippen molar-refractivity contribution in [2.75, 3.05) is 13.1 Å². The number of aromatic nitrogens is 1. The van der Waals surface area contributed by atoms with Crippen molar-refractivity contribution in [2.24, 2.45) is 0 Å². The Balaban J connectivity index is 1.85. The lowest BCUT2D eigenvalue weighted by Crippen LogP contribution is -2.36. The second kappa shape index (κ2) is 7.73. The number of hydrogen-bond donors (Lipinski definition) is 0. The summed E-state index contributed by atoms with van der Waals surface area (Å²) in [5.74, 6) is -0.354. The summed E-state index contributed by atoms with van der Waals surface area (Å²) in [6.07, 6.45) is 2.77. The molecule has 0 bridgehead atoms. The van der Waals surface area contributed by atoms with E-state index in [1.807, 2.05) is 31.2 Å². The first-order chi connectivity index (χ1) is 13.4. The van der Waals surface area contributed by atoms with Gasteiger partial charge in [-0.15, -0.1) is 11.3 Å². The predicted octanol–water partition coefficient (Wildman–Crippen LogP) is 5.10. The number of rotatable bonds is 4. The molecule has 3 aromatic rings. The molecule has 146 valence electrons. The van der Waals surface area contributed by atoms with Crippen molar-refractivity contribution in [1.82, 2.24) is 9.29 Å². The van der Waals surface area contributed by atoms with Crippen molar-refractivity contribution in [1.29, 1.82) is 0 Å². The Hall–Kier alpha value is -2.09. The maximum Gasteiger partial charge on any atom is 0.262 e. The highest BCUT2D eigenvalue weighted by molar-refractivity contribution is 7.89. The van der Waals surface area contributed by atoms with Gasteiger partial charge in [-0.1, -0.05) is 48.4 Å². The average molecular weight is 417 g/mol. The van der Waals surface area contributed by atoms with Crippen LogP contribution in [0.5, 0.6) is 0 Å². The summed E-state index contributed by atoms with van der Waals surface area (Å²) in [6, 6.07) is 13.8. The normalized spacial score (nSPS) is 15.6. The molecule has 1 saturated heterocycles. The van der Waals surface area contributed by atoms with Crippen LogP contribution in [-0.2, 0) is 10.0 Å². The van der Waals surface area contributed by atoms with Gasteiger partial charge in [0.05, 0.1) is 4.88 Å². The largest absolute Gasteiger partial charge is 0.262 e. The first kappa shape index (κ1) is 19.2. The number of nitrogens with zero attached hydrogens (tertiary/aromatic N) is 2. The number of hydrogen-bond acceptors (Lipinski definition) is 4. The van der Waals surface area contributed by atoms with Crippen LogP contribution in [0.1, 0.15) is 24.8 Å². The second-order valence-electron chi connectivity index (χ2n) is 6.99. The van der Waals surface area contributed by atoms with Gasteiger partial charge in [0.1, 0.15) is 10.8 Å². The Morgan fingerprint density at radius 2 is 1.54 bits per heavy atom. The van der Waals surface area contributed by atoms with Crippen molar-refractivity contribution < 1.29 is 12.8 Å². The van der Waals surface area contributed by atoms with E-state index in [-0.39, 0.29) is 10.8 Å². The number of aryl methyl sites for hydroxylation is 1. The zero-order chi connectivity index (χ0) is 19.7. The van der Waals surface area contributed by atoms with Gasteiger partial charge in [-0.2, -0.15) is 4.31 Å². The fourth-order valence-corrected chi connectivity index (χ4v) is 6.32. The van der Waals surface area contributed by atoms with Crippen LogP contribution in [0.15, 0.2) is 53.6 Å². The summed E-state index contributed by atoms with van der Waals surface area (Å²) in [6.45, 7) is 3.03. The molecule has 2 aromatic carbocycles. The Morgan fingerprint density at radius 3 is 2.18 bits per heavy atom. The Bertz CT molecular complexity index is 1070. The van der Waals surface area contributed by atoms with E-state index in [9.17, 15) is 12.8 Å². The van der Waals surface area contributed by atoms with Gasteiger partial charge < -0.3 is 0 Å². The third kappa shape index (κ3) is 3.74. The molecule has 4 nitrogen and oxygen atoms in total. The van der Waals surface area contributed by atoms with Gasteiger partial charge in [0.15, 0.2) is 5.03 Å². The van der Waals surface area contributed by atoms with Gasteiger partial charge in [0.2, 0.25) is 0 Å². The zero-order valence-corrected chi connectivity index (χ0v) is 17.2. The highest BCUT2D eigenvalue weighted by Crippen LogP contribution is 2.39. The summed E-state index contributed by atoms with van der Waals surface area (Å²) >= 11 is 1.33. The van der Waals surface area contributed by atoms with E-state index in [4.69, 9.17) is 0 Å². The molecule has 4 rings (SSSR count). The SMILES string of the molecule is Cc1ccc(-c2nc(S(=O)(=O)N3CCCCC3)c(-c3ccc(F)cc3)s2)cc1. The molecule has 7 heteroatoms. The molecule has 1 aromatic heterocycles. The van der Waals surface area contributed by atoms with E-state index < -0.39 is 10.0 Å². The summed E-state index contributed by atoms with van der Waals surface area (Å²) in [4.78, 5) is 5.11. The Labute approximate surface area is 168 Å². The lowest BCUT2D eigenvalue weighted by molar-refractivity contribution is 0.346. The van der Waals surface area contributed by atoms with E-state index in [0.29, 0.717) is 28.5 Å². The molecule has 0 saturated carbocycles. The van der Waals surface area contributed by atoms with Crippen LogP contribution >= 0.6 is 11.3 Å². The van der Waals surface area contributed by atoms with Crippen LogP contribution < -0.4 is 0 Å². The minimum absolute atomic E-state index is 0.0709. The fraction of sp³-hybridized carbons (Fsp3) is 0.286. The molecular weight excluding hydrogens is 395 g/mol. The molecule has 28 heavy (non-hydrogen) atoms. The maximum absolute atomic E-state index is 13.4. The van der Waals surface area contributed by atoms with E-state index in [1.165, 1.54) is 27.8 Å². The van der Waals surface area contributed by atoms with Crippen LogP contribution in [-0.4, -0.2) is 30.8 Å². The minimum Gasteiger partial charge on any atom is -0.222 e. The Morgan fingerprint density at radius 1 is 0.929 bits per heavy atom. The molecule has 0 N–H and O–H groups in total. The van der Waals surface area contributed by atoms with E-state index >= 15 is 0 Å². The molecule has 1 aliphatic rings. The molecule has 1 fully saturated rings. The standard InChI is InChI=1S/C21H21FN2O2S2/c1-15-5-7-17(8-6-15)20-23-21(28(25,26)24-13-3-2-4-14-24)19(27-20)16-9-11-18(22)12-10-16/h5-12H,2-4,13-14H2,1H3. The zero-order valence-electron chi connectivity index (χ0n) is 15.6. The number of halogens is 1. The van der Waals surface area contributed by atoms with Crippen molar-refractivity contribution >= 4 is 21.4 Å². The molecule has 1 aliphatic heterocycles. The molecule has 0 unspecified atom stereocenters. The minimum atomic E-state index is -3.71. The highest BCUT2D eigenvalue weighted by atomic mass is 32.2. The van der Waals surface area contributed by atoms with Gasteiger partial charge in [-0.25, -0.2) is 17.8 Å². The fourth-order valence-electron chi connectivity index (χ4n) is 3.31. The number of sulfonamides is 1. The topological polar surface area (TPSA) is 50.3 Å². The Kier molecular flexibility index (Phi) is 5.31. The van der Waals surface area contributed by atoms with Crippen molar-refractivity contribution in [3.05, 3.63) is 59.9 Å². The molecule has 0 spiro atoms. The van der Waals surface area contributed by atoms with Crippen molar-refractivity contribution in [2.45, 2.75) is 31.2 Å². The first-order valence-electron chi connectivity index (χ1n) is 9.29. The van der Waals surface area contributed by atoms with Crippen molar-refractivity contribution in [3.63, 3.8) is 0 Å². The van der Waals surface area contributed by atoms with Crippen LogP contribution in [0.4, 0.5) is 4.39 Å². The number of benzene rings is 2. The lowest BCUT2D eigenvalue weighted by atomic mass is 10.2. The molecule has 0 aliphatic carbocycles. The van der Waals surface area contributed by atoms with Gasteiger partial charge in [0.25, 0.3) is 10.0 Å². The molecule has 0 radical (unpaired) electrons. The van der Waals surface area contributed by atoms with Crippen LogP contribution in [0.2, 0.25) is 0 Å². The van der Waals surface area contributed by atoms with E-state index in [1.54, 1.807) is 12.1 Å². The molecule has 0 atom stereocenters.